The lowest BCUT2D eigenvalue weighted by atomic mass is 10.1. The normalized spacial score (nSPS) is 15.8. The van der Waals surface area contributed by atoms with E-state index in [1.54, 1.807) is 7.05 Å². The maximum absolute atomic E-state index is 12.0. The molecule has 1 saturated carbocycles. The van der Waals surface area contributed by atoms with Crippen molar-refractivity contribution in [1.82, 2.24) is 14.3 Å². The summed E-state index contributed by atoms with van der Waals surface area (Å²) < 4.78 is 28.1. The van der Waals surface area contributed by atoms with E-state index in [-0.39, 0.29) is 0 Å². The Morgan fingerprint density at radius 2 is 1.67 bits per heavy atom. The Hall–Kier alpha value is -0.170. The Bertz CT molecular complexity index is 356. The summed E-state index contributed by atoms with van der Waals surface area (Å²) in [7, 11) is -1.63. The maximum Gasteiger partial charge on any atom is 0.279 e. The van der Waals surface area contributed by atoms with Crippen LogP contribution in [0.15, 0.2) is 0 Å². The van der Waals surface area contributed by atoms with Crippen LogP contribution < -0.4 is 10.0 Å². The van der Waals surface area contributed by atoms with Crippen LogP contribution in [0, 0.1) is 0 Å². The van der Waals surface area contributed by atoms with Gasteiger partial charge < -0.3 is 5.32 Å². The van der Waals surface area contributed by atoms with Crippen LogP contribution in [0.4, 0.5) is 0 Å². The molecule has 1 aliphatic carbocycles. The van der Waals surface area contributed by atoms with Crippen molar-refractivity contribution in [1.29, 1.82) is 0 Å². The highest BCUT2D eigenvalue weighted by molar-refractivity contribution is 7.87. The minimum atomic E-state index is -3.29. The van der Waals surface area contributed by atoms with Crippen molar-refractivity contribution in [2.45, 2.75) is 70.8 Å². The van der Waals surface area contributed by atoms with E-state index in [1.807, 2.05) is 0 Å². The van der Waals surface area contributed by atoms with Crippen molar-refractivity contribution >= 4 is 10.2 Å². The smallest absolute Gasteiger partial charge is 0.279 e. The van der Waals surface area contributed by atoms with Crippen LogP contribution in [0.1, 0.15) is 64.7 Å². The van der Waals surface area contributed by atoms with Gasteiger partial charge in [0.05, 0.1) is 0 Å². The van der Waals surface area contributed by atoms with Gasteiger partial charge in [0.1, 0.15) is 0 Å². The fourth-order valence-electron chi connectivity index (χ4n) is 2.23. The van der Waals surface area contributed by atoms with E-state index in [1.165, 1.54) is 42.8 Å². The molecule has 1 rings (SSSR count). The van der Waals surface area contributed by atoms with Gasteiger partial charge >= 0.3 is 0 Å². The van der Waals surface area contributed by atoms with Crippen LogP contribution in [0.3, 0.4) is 0 Å². The molecule has 0 aromatic rings. The number of unbranched alkanes of at least 4 members (excludes halogenated alkanes) is 5. The Kier molecular flexibility index (Phi) is 9.47. The molecule has 0 amide bonds. The second-order valence-electron chi connectivity index (χ2n) is 6.07. The maximum atomic E-state index is 12.0. The van der Waals surface area contributed by atoms with Crippen molar-refractivity contribution in [3.8, 4) is 0 Å². The summed E-state index contributed by atoms with van der Waals surface area (Å²) in [6.45, 7) is 4.23. The highest BCUT2D eigenvalue weighted by atomic mass is 32.2. The van der Waals surface area contributed by atoms with E-state index >= 15 is 0 Å². The molecule has 0 aromatic heterocycles. The van der Waals surface area contributed by atoms with Gasteiger partial charge in [0.2, 0.25) is 0 Å². The first-order valence-electron chi connectivity index (χ1n) is 8.50. The lowest BCUT2D eigenvalue weighted by molar-refractivity contribution is 0.443. The number of nitrogens with zero attached hydrogens (tertiary/aromatic N) is 1. The van der Waals surface area contributed by atoms with Crippen LogP contribution in [-0.2, 0) is 10.2 Å². The Labute approximate surface area is 131 Å². The molecule has 0 unspecified atom stereocenters. The third kappa shape index (κ3) is 9.45. The minimum absolute atomic E-state index is 0.555. The Morgan fingerprint density at radius 1 is 1.00 bits per heavy atom. The van der Waals surface area contributed by atoms with Crippen LogP contribution in [-0.4, -0.2) is 45.4 Å². The summed E-state index contributed by atoms with van der Waals surface area (Å²) in [5, 5.41) is 3.40. The molecule has 0 bridgehead atoms. The third-order valence-corrected chi connectivity index (χ3v) is 5.46. The molecule has 6 heteroatoms. The van der Waals surface area contributed by atoms with Gasteiger partial charge in [-0.1, -0.05) is 39.0 Å². The Morgan fingerprint density at radius 3 is 2.33 bits per heavy atom. The summed E-state index contributed by atoms with van der Waals surface area (Å²) in [5.41, 5.74) is 0. The molecule has 1 fully saturated rings. The zero-order valence-corrected chi connectivity index (χ0v) is 14.6. The molecule has 0 radical (unpaired) electrons. The molecule has 1 aliphatic rings. The molecule has 21 heavy (non-hydrogen) atoms. The van der Waals surface area contributed by atoms with Crippen LogP contribution in [0.5, 0.6) is 0 Å². The quantitative estimate of drug-likeness (QED) is 0.483. The molecular formula is C15H33N3O2S. The van der Waals surface area contributed by atoms with Crippen LogP contribution in [0.25, 0.3) is 0 Å². The largest absolute Gasteiger partial charge is 0.314 e. The number of rotatable bonds is 14. The minimum Gasteiger partial charge on any atom is -0.314 e. The van der Waals surface area contributed by atoms with Crippen LogP contribution >= 0.6 is 0 Å². The molecular weight excluding hydrogens is 286 g/mol. The predicted molar refractivity (Wildman–Crippen MR) is 88.6 cm³/mol. The zero-order valence-electron chi connectivity index (χ0n) is 13.7. The summed E-state index contributed by atoms with van der Waals surface area (Å²) in [4.78, 5) is 0. The fourth-order valence-corrected chi connectivity index (χ4v) is 3.22. The van der Waals surface area contributed by atoms with E-state index in [0.29, 0.717) is 19.1 Å². The summed E-state index contributed by atoms with van der Waals surface area (Å²) in [6.07, 6.45) is 10.4. The monoisotopic (exact) mass is 319 g/mol. The fraction of sp³-hybridized carbons (Fsp3) is 1.00. The SMILES string of the molecule is CCCCCCCCNS(=O)(=O)N(C)CCCNC1CC1. The van der Waals surface area contributed by atoms with Crippen molar-refractivity contribution in [3.63, 3.8) is 0 Å². The highest BCUT2D eigenvalue weighted by Crippen LogP contribution is 2.18. The summed E-state index contributed by atoms with van der Waals surface area (Å²) >= 11 is 0. The van der Waals surface area contributed by atoms with Gasteiger partial charge in [-0.05, 0) is 32.2 Å². The Balaban J connectivity index is 2.01. The van der Waals surface area contributed by atoms with E-state index in [9.17, 15) is 8.42 Å². The molecule has 2 N–H and O–H groups in total. The molecule has 0 aromatic carbocycles. The van der Waals surface area contributed by atoms with Crippen molar-refractivity contribution in [3.05, 3.63) is 0 Å². The zero-order chi connectivity index (χ0) is 15.6. The number of hydrogen-bond donors (Lipinski definition) is 2. The van der Waals surface area contributed by atoms with Crippen molar-refractivity contribution < 1.29 is 8.42 Å². The van der Waals surface area contributed by atoms with Gasteiger partial charge in [0.25, 0.3) is 10.2 Å². The summed E-state index contributed by atoms with van der Waals surface area (Å²) in [5.74, 6) is 0. The molecule has 126 valence electrons. The topological polar surface area (TPSA) is 61.4 Å². The molecule has 5 nitrogen and oxygen atoms in total. The van der Waals surface area contributed by atoms with Crippen LogP contribution in [0.2, 0.25) is 0 Å². The predicted octanol–water partition coefficient (Wildman–Crippen LogP) is 2.26. The molecule has 0 atom stereocenters. The first kappa shape index (κ1) is 18.9. The summed E-state index contributed by atoms with van der Waals surface area (Å²) in [6, 6.07) is 0.692. The average molecular weight is 320 g/mol. The third-order valence-electron chi connectivity index (χ3n) is 3.89. The van der Waals surface area contributed by atoms with Gasteiger partial charge in [0, 0.05) is 26.2 Å². The molecule has 0 spiro atoms. The molecule has 0 saturated heterocycles. The lowest BCUT2D eigenvalue weighted by Gasteiger charge is -2.17. The van der Waals surface area contributed by atoms with E-state index < -0.39 is 10.2 Å². The average Bonchev–Trinajstić information content (AvgIpc) is 3.26. The highest BCUT2D eigenvalue weighted by Gasteiger charge is 2.20. The van der Waals surface area contributed by atoms with Gasteiger partial charge in [-0.3, -0.25) is 0 Å². The van der Waals surface area contributed by atoms with Crippen molar-refractivity contribution in [2.24, 2.45) is 0 Å². The lowest BCUT2D eigenvalue weighted by Crippen LogP contribution is -2.39. The molecule has 0 aliphatic heterocycles. The van der Waals surface area contributed by atoms with Crippen molar-refractivity contribution in [2.75, 3.05) is 26.7 Å². The number of hydrogen-bond acceptors (Lipinski definition) is 3. The van der Waals surface area contributed by atoms with Gasteiger partial charge in [0.15, 0.2) is 0 Å². The van der Waals surface area contributed by atoms with E-state index in [2.05, 4.69) is 17.0 Å². The first-order chi connectivity index (χ1) is 10.1. The second-order valence-corrected chi connectivity index (χ2v) is 7.93. The second kappa shape index (κ2) is 10.5. The standard InChI is InChI=1S/C15H33N3O2S/c1-3-4-5-6-7-8-13-17-21(19,20)18(2)14-9-12-16-15-10-11-15/h15-17H,3-14H2,1-2H3. The number of nitrogens with one attached hydrogen (secondary N) is 2. The van der Waals surface area contributed by atoms with E-state index in [0.717, 1.165) is 25.8 Å². The van der Waals surface area contributed by atoms with Gasteiger partial charge in [-0.15, -0.1) is 0 Å². The van der Waals surface area contributed by atoms with E-state index in [4.69, 9.17) is 0 Å². The van der Waals surface area contributed by atoms with Gasteiger partial charge in [-0.25, -0.2) is 4.72 Å². The first-order valence-corrected chi connectivity index (χ1v) is 9.94. The molecule has 0 heterocycles. The van der Waals surface area contributed by atoms with Gasteiger partial charge in [-0.2, -0.15) is 12.7 Å².